The first-order valence-corrected chi connectivity index (χ1v) is 7.45. The molecule has 0 aromatic heterocycles. The number of nitrogens with zero attached hydrogens (tertiary/aromatic N) is 1. The third kappa shape index (κ3) is 2.93. The van der Waals surface area contributed by atoms with Crippen LogP contribution in [0.1, 0.15) is 30.7 Å². The van der Waals surface area contributed by atoms with Crippen LogP contribution in [0.2, 0.25) is 0 Å². The van der Waals surface area contributed by atoms with E-state index in [2.05, 4.69) is 41.5 Å². The topological polar surface area (TPSA) is 24.5 Å². The number of benzene rings is 1. The van der Waals surface area contributed by atoms with Gasteiger partial charge in [-0.2, -0.15) is 0 Å². The predicted octanol–water partition coefficient (Wildman–Crippen LogP) is 2.70. The molecule has 1 aromatic rings. The maximum absolute atomic E-state index is 5.44. The Hall–Kier alpha value is -1.06. The van der Waals surface area contributed by atoms with Crippen molar-refractivity contribution in [1.29, 1.82) is 0 Å². The number of fused-ring (bicyclic) bond motifs is 1. The molecule has 0 bridgehead atoms. The normalized spacial score (nSPS) is 23.4. The van der Waals surface area contributed by atoms with Crippen molar-refractivity contribution in [3.8, 4) is 0 Å². The Kier molecular flexibility index (Phi) is 4.04. The molecule has 0 amide bonds. The number of anilines is 1. The minimum absolute atomic E-state index is 0.679. The van der Waals surface area contributed by atoms with E-state index in [0.717, 1.165) is 25.8 Å². The Labute approximate surface area is 115 Å². The van der Waals surface area contributed by atoms with Gasteiger partial charge < -0.3 is 15.0 Å². The van der Waals surface area contributed by atoms with E-state index in [1.54, 1.807) is 0 Å². The first-order chi connectivity index (χ1) is 9.34. The second kappa shape index (κ2) is 5.93. The third-order valence-corrected chi connectivity index (χ3v) is 4.58. The molecule has 0 spiro atoms. The molecule has 1 N–H and O–H groups in total. The Morgan fingerprint density at radius 1 is 1.26 bits per heavy atom. The van der Waals surface area contributed by atoms with Crippen molar-refractivity contribution in [3.05, 3.63) is 29.8 Å². The van der Waals surface area contributed by atoms with Gasteiger partial charge in [0.2, 0.25) is 0 Å². The van der Waals surface area contributed by atoms with Crippen LogP contribution < -0.4 is 5.32 Å². The number of nitrogens with one attached hydrogen (secondary N) is 1. The van der Waals surface area contributed by atoms with E-state index >= 15 is 0 Å². The van der Waals surface area contributed by atoms with Gasteiger partial charge in [0.15, 0.2) is 0 Å². The van der Waals surface area contributed by atoms with Crippen LogP contribution in [-0.2, 0) is 4.74 Å². The summed E-state index contributed by atoms with van der Waals surface area (Å²) in [4.78, 5) is 2.53. The highest BCUT2D eigenvalue weighted by Gasteiger charge is 2.23. The maximum atomic E-state index is 5.44. The van der Waals surface area contributed by atoms with Crippen LogP contribution in [0, 0.1) is 0 Å². The summed E-state index contributed by atoms with van der Waals surface area (Å²) in [6.45, 7) is 4.15. The Balaban J connectivity index is 1.52. The molecule has 0 radical (unpaired) electrons. The first kappa shape index (κ1) is 12.9. The zero-order chi connectivity index (χ0) is 13.1. The van der Waals surface area contributed by atoms with Crippen molar-refractivity contribution in [3.63, 3.8) is 0 Å². The smallest absolute Gasteiger partial charge is 0.0480 e. The molecule has 1 atom stereocenters. The monoisotopic (exact) mass is 260 g/mol. The minimum Gasteiger partial charge on any atom is -0.384 e. The summed E-state index contributed by atoms with van der Waals surface area (Å²) in [5.74, 6) is 0.679. The van der Waals surface area contributed by atoms with Crippen LogP contribution >= 0.6 is 0 Å². The summed E-state index contributed by atoms with van der Waals surface area (Å²) in [6, 6.07) is 9.45. The largest absolute Gasteiger partial charge is 0.384 e. The van der Waals surface area contributed by atoms with Gasteiger partial charge in [0.1, 0.15) is 0 Å². The first-order valence-electron chi connectivity index (χ1n) is 7.45. The van der Waals surface area contributed by atoms with Crippen molar-refractivity contribution in [1.82, 2.24) is 4.90 Å². The molecule has 2 aliphatic heterocycles. The number of para-hydroxylation sites is 1. The summed E-state index contributed by atoms with van der Waals surface area (Å²) in [5.41, 5.74) is 2.84. The molecule has 1 unspecified atom stereocenters. The fourth-order valence-corrected chi connectivity index (χ4v) is 3.28. The van der Waals surface area contributed by atoms with Gasteiger partial charge in [0.05, 0.1) is 0 Å². The SMILES string of the molecule is CN(CCC1CNc2ccccc21)C1CCOCC1. The fourth-order valence-electron chi connectivity index (χ4n) is 3.28. The van der Waals surface area contributed by atoms with E-state index < -0.39 is 0 Å². The van der Waals surface area contributed by atoms with Gasteiger partial charge in [-0.3, -0.25) is 0 Å². The number of ether oxygens (including phenoxy) is 1. The van der Waals surface area contributed by atoms with Gasteiger partial charge in [-0.25, -0.2) is 0 Å². The molecule has 3 rings (SSSR count). The van der Waals surface area contributed by atoms with Crippen LogP contribution in [0.25, 0.3) is 0 Å². The van der Waals surface area contributed by atoms with E-state index in [-0.39, 0.29) is 0 Å². The molecule has 2 aliphatic rings. The van der Waals surface area contributed by atoms with Crippen molar-refractivity contribution in [2.75, 3.05) is 38.7 Å². The Bertz CT molecular complexity index is 415. The van der Waals surface area contributed by atoms with E-state index in [1.165, 1.54) is 37.1 Å². The lowest BCUT2D eigenvalue weighted by molar-refractivity contribution is 0.0423. The predicted molar refractivity (Wildman–Crippen MR) is 78.8 cm³/mol. The fraction of sp³-hybridized carbons (Fsp3) is 0.625. The van der Waals surface area contributed by atoms with Crippen LogP contribution in [0.3, 0.4) is 0 Å². The summed E-state index contributed by atoms with van der Waals surface area (Å²) in [7, 11) is 2.27. The second-order valence-electron chi connectivity index (χ2n) is 5.78. The highest BCUT2D eigenvalue weighted by molar-refractivity contribution is 5.57. The molecule has 1 saturated heterocycles. The van der Waals surface area contributed by atoms with Crippen LogP contribution in [0.15, 0.2) is 24.3 Å². The summed E-state index contributed by atoms with van der Waals surface area (Å²) < 4.78 is 5.44. The van der Waals surface area contributed by atoms with Crippen LogP contribution in [0.5, 0.6) is 0 Å². The summed E-state index contributed by atoms with van der Waals surface area (Å²) >= 11 is 0. The molecule has 3 nitrogen and oxygen atoms in total. The van der Waals surface area contributed by atoms with E-state index in [0.29, 0.717) is 5.92 Å². The molecule has 0 aliphatic carbocycles. The molecular formula is C16H24N2O. The Morgan fingerprint density at radius 2 is 2.05 bits per heavy atom. The molecular weight excluding hydrogens is 236 g/mol. The number of rotatable bonds is 4. The van der Waals surface area contributed by atoms with Crippen molar-refractivity contribution >= 4 is 5.69 Å². The molecule has 0 saturated carbocycles. The zero-order valence-corrected chi connectivity index (χ0v) is 11.8. The zero-order valence-electron chi connectivity index (χ0n) is 11.8. The third-order valence-electron chi connectivity index (χ3n) is 4.58. The van der Waals surface area contributed by atoms with E-state index in [9.17, 15) is 0 Å². The maximum Gasteiger partial charge on any atom is 0.0480 e. The van der Waals surface area contributed by atoms with Gasteiger partial charge in [0.25, 0.3) is 0 Å². The lowest BCUT2D eigenvalue weighted by Gasteiger charge is -2.31. The number of hydrogen-bond acceptors (Lipinski definition) is 3. The van der Waals surface area contributed by atoms with Gasteiger partial charge in [-0.05, 0) is 44.5 Å². The average molecular weight is 260 g/mol. The van der Waals surface area contributed by atoms with E-state index in [1.807, 2.05) is 0 Å². The quantitative estimate of drug-likeness (QED) is 0.901. The number of hydrogen-bond donors (Lipinski definition) is 1. The summed E-state index contributed by atoms with van der Waals surface area (Å²) in [6.07, 6.45) is 3.63. The van der Waals surface area contributed by atoms with Crippen molar-refractivity contribution in [2.45, 2.75) is 31.2 Å². The molecule has 3 heteroatoms. The molecule has 104 valence electrons. The highest BCUT2D eigenvalue weighted by Crippen LogP contribution is 2.33. The molecule has 1 aromatic carbocycles. The lowest BCUT2D eigenvalue weighted by Crippen LogP contribution is -2.37. The second-order valence-corrected chi connectivity index (χ2v) is 5.78. The molecule has 1 fully saturated rings. The average Bonchev–Trinajstić information content (AvgIpc) is 2.89. The van der Waals surface area contributed by atoms with Gasteiger partial charge >= 0.3 is 0 Å². The summed E-state index contributed by atoms with van der Waals surface area (Å²) in [5, 5.41) is 3.51. The standard InChI is InChI=1S/C16H24N2O/c1-18(14-7-10-19-11-8-14)9-6-13-12-17-16-5-3-2-4-15(13)16/h2-5,13-14,17H,6-12H2,1H3. The van der Waals surface area contributed by atoms with Gasteiger partial charge in [-0.15, -0.1) is 0 Å². The van der Waals surface area contributed by atoms with Gasteiger partial charge in [-0.1, -0.05) is 18.2 Å². The minimum atomic E-state index is 0.679. The van der Waals surface area contributed by atoms with Crippen molar-refractivity contribution < 1.29 is 4.74 Å². The van der Waals surface area contributed by atoms with E-state index in [4.69, 9.17) is 4.74 Å². The lowest BCUT2D eigenvalue weighted by atomic mass is 9.97. The van der Waals surface area contributed by atoms with Crippen LogP contribution in [-0.4, -0.2) is 44.3 Å². The van der Waals surface area contributed by atoms with Crippen LogP contribution in [0.4, 0.5) is 5.69 Å². The Morgan fingerprint density at radius 3 is 2.89 bits per heavy atom. The molecule has 2 heterocycles. The highest BCUT2D eigenvalue weighted by atomic mass is 16.5. The molecule has 19 heavy (non-hydrogen) atoms. The van der Waals surface area contributed by atoms with Crippen molar-refractivity contribution in [2.24, 2.45) is 0 Å². The van der Waals surface area contributed by atoms with Gasteiger partial charge in [0, 0.05) is 37.4 Å².